The Morgan fingerprint density at radius 2 is 1.86 bits per heavy atom. The van der Waals surface area contributed by atoms with Gasteiger partial charge in [-0.1, -0.05) is 6.07 Å². The number of halogens is 1. The Balaban J connectivity index is 1.75. The molecule has 1 aliphatic heterocycles. The number of likely N-dealkylation sites (tertiary alicyclic amines) is 1. The van der Waals surface area contributed by atoms with Gasteiger partial charge in [0.15, 0.2) is 0 Å². The van der Waals surface area contributed by atoms with Crippen molar-refractivity contribution < 1.29 is 14.0 Å². The van der Waals surface area contributed by atoms with Crippen molar-refractivity contribution >= 4 is 22.7 Å². The van der Waals surface area contributed by atoms with E-state index in [0.717, 1.165) is 0 Å². The van der Waals surface area contributed by atoms with Gasteiger partial charge in [0.25, 0.3) is 5.91 Å². The average Bonchev–Trinajstić information content (AvgIpc) is 2.73. The van der Waals surface area contributed by atoms with Crippen LogP contribution >= 0.6 is 0 Å². The number of benzene rings is 1. The molecule has 4 rings (SSSR count). The number of carbonyl (C=O) groups is 2. The van der Waals surface area contributed by atoms with Crippen LogP contribution in [0, 0.1) is 11.7 Å². The van der Waals surface area contributed by atoms with Gasteiger partial charge in [0.05, 0.1) is 22.5 Å². The minimum Gasteiger partial charge on any atom is -0.369 e. The number of primary amides is 1. The Labute approximate surface area is 161 Å². The summed E-state index contributed by atoms with van der Waals surface area (Å²) in [6.45, 7) is 0.909. The highest BCUT2D eigenvalue weighted by molar-refractivity contribution is 6.07. The molecule has 2 N–H and O–H groups in total. The van der Waals surface area contributed by atoms with E-state index in [-0.39, 0.29) is 17.7 Å². The zero-order valence-electron chi connectivity index (χ0n) is 15.1. The highest BCUT2D eigenvalue weighted by Gasteiger charge is 2.27. The van der Waals surface area contributed by atoms with Gasteiger partial charge in [-0.3, -0.25) is 14.6 Å². The monoisotopic (exact) mass is 378 g/mol. The second-order valence-corrected chi connectivity index (χ2v) is 6.90. The van der Waals surface area contributed by atoms with E-state index in [1.54, 1.807) is 35.4 Å². The Morgan fingerprint density at radius 1 is 1.07 bits per heavy atom. The lowest BCUT2D eigenvalue weighted by atomic mass is 9.95. The van der Waals surface area contributed by atoms with Gasteiger partial charge in [0.1, 0.15) is 5.82 Å². The standard InChI is InChI=1S/C21H19FN4O2/c22-14-4-5-15-16(21(28)26-9-6-13(7-10-26)20(23)27)12-19(25-18(15)11-14)17-3-1-2-8-24-17/h1-5,8,11-13H,6-7,9-10H2,(H2,23,27). The molecule has 7 heteroatoms. The predicted molar refractivity (Wildman–Crippen MR) is 103 cm³/mol. The Kier molecular flexibility index (Phi) is 4.73. The first-order chi connectivity index (χ1) is 13.5. The van der Waals surface area contributed by atoms with Crippen LogP contribution in [-0.4, -0.2) is 39.8 Å². The number of hydrogen-bond donors (Lipinski definition) is 1. The average molecular weight is 378 g/mol. The molecule has 3 heterocycles. The number of pyridine rings is 2. The maximum Gasteiger partial charge on any atom is 0.254 e. The van der Waals surface area contributed by atoms with E-state index < -0.39 is 5.82 Å². The molecule has 2 amide bonds. The summed E-state index contributed by atoms with van der Waals surface area (Å²) in [6.07, 6.45) is 2.74. The van der Waals surface area contributed by atoms with E-state index in [9.17, 15) is 14.0 Å². The molecule has 0 aliphatic carbocycles. The van der Waals surface area contributed by atoms with Crippen LogP contribution in [-0.2, 0) is 4.79 Å². The second kappa shape index (κ2) is 7.34. The van der Waals surface area contributed by atoms with Crippen molar-refractivity contribution in [1.82, 2.24) is 14.9 Å². The van der Waals surface area contributed by atoms with E-state index in [1.165, 1.54) is 12.1 Å². The molecule has 2 aromatic heterocycles. The fraction of sp³-hybridized carbons (Fsp3) is 0.238. The Hall–Kier alpha value is -3.35. The summed E-state index contributed by atoms with van der Waals surface area (Å²) < 4.78 is 13.8. The number of hydrogen-bond acceptors (Lipinski definition) is 4. The Morgan fingerprint density at radius 3 is 2.54 bits per heavy atom. The fourth-order valence-corrected chi connectivity index (χ4v) is 3.56. The maximum atomic E-state index is 13.8. The van der Waals surface area contributed by atoms with Crippen molar-refractivity contribution in [3.63, 3.8) is 0 Å². The second-order valence-electron chi connectivity index (χ2n) is 6.90. The van der Waals surface area contributed by atoms with Crippen molar-refractivity contribution in [2.24, 2.45) is 11.7 Å². The molecule has 0 bridgehead atoms. The van der Waals surface area contributed by atoms with Crippen molar-refractivity contribution in [3.8, 4) is 11.4 Å². The number of piperidine rings is 1. The molecular weight excluding hydrogens is 359 g/mol. The summed E-state index contributed by atoms with van der Waals surface area (Å²) in [4.78, 5) is 35.1. The molecule has 0 spiro atoms. The molecule has 6 nitrogen and oxygen atoms in total. The summed E-state index contributed by atoms with van der Waals surface area (Å²) in [5.74, 6) is -1.11. The van der Waals surface area contributed by atoms with Gasteiger partial charge in [-0.05, 0) is 43.2 Å². The van der Waals surface area contributed by atoms with Crippen LogP contribution in [0.25, 0.3) is 22.3 Å². The lowest BCUT2D eigenvalue weighted by Gasteiger charge is -2.31. The highest BCUT2D eigenvalue weighted by atomic mass is 19.1. The Bertz CT molecular complexity index is 1050. The van der Waals surface area contributed by atoms with Crippen LogP contribution in [0.2, 0.25) is 0 Å². The quantitative estimate of drug-likeness (QED) is 0.759. The lowest BCUT2D eigenvalue weighted by Crippen LogP contribution is -2.41. The molecule has 142 valence electrons. The van der Waals surface area contributed by atoms with Crippen molar-refractivity contribution in [2.75, 3.05) is 13.1 Å². The molecule has 0 unspecified atom stereocenters. The predicted octanol–water partition coefficient (Wildman–Crippen LogP) is 2.77. The van der Waals surface area contributed by atoms with Crippen LogP contribution < -0.4 is 5.73 Å². The number of nitrogens with two attached hydrogens (primary N) is 1. The normalized spacial score (nSPS) is 15.0. The van der Waals surface area contributed by atoms with Crippen LogP contribution in [0.5, 0.6) is 0 Å². The number of aromatic nitrogens is 2. The largest absolute Gasteiger partial charge is 0.369 e. The molecular formula is C21H19FN4O2. The summed E-state index contributed by atoms with van der Waals surface area (Å²) in [5.41, 5.74) is 7.34. The summed E-state index contributed by atoms with van der Waals surface area (Å²) >= 11 is 0. The minimum atomic E-state index is -0.418. The van der Waals surface area contributed by atoms with Crippen molar-refractivity contribution in [1.29, 1.82) is 0 Å². The van der Waals surface area contributed by atoms with Gasteiger partial charge in [0.2, 0.25) is 5.91 Å². The molecule has 1 aliphatic rings. The highest BCUT2D eigenvalue weighted by Crippen LogP contribution is 2.27. The number of carbonyl (C=O) groups excluding carboxylic acids is 2. The molecule has 1 fully saturated rings. The first kappa shape index (κ1) is 18.0. The van der Waals surface area contributed by atoms with Crippen LogP contribution in [0.3, 0.4) is 0 Å². The molecule has 1 aromatic carbocycles. The third-order valence-electron chi connectivity index (χ3n) is 5.11. The number of amides is 2. The molecule has 0 saturated carbocycles. The van der Waals surface area contributed by atoms with E-state index in [2.05, 4.69) is 9.97 Å². The van der Waals surface area contributed by atoms with E-state index in [0.29, 0.717) is 53.8 Å². The lowest BCUT2D eigenvalue weighted by molar-refractivity contribution is -0.123. The number of rotatable bonds is 3. The zero-order chi connectivity index (χ0) is 19.7. The van der Waals surface area contributed by atoms with Crippen LogP contribution in [0.1, 0.15) is 23.2 Å². The summed E-state index contributed by atoms with van der Waals surface area (Å²) in [5, 5.41) is 0.586. The maximum absolute atomic E-state index is 13.8. The third-order valence-corrected chi connectivity index (χ3v) is 5.11. The summed E-state index contributed by atoms with van der Waals surface area (Å²) in [6, 6.07) is 11.3. The van der Waals surface area contributed by atoms with Gasteiger partial charge in [0, 0.05) is 36.7 Å². The zero-order valence-corrected chi connectivity index (χ0v) is 15.1. The fourth-order valence-electron chi connectivity index (χ4n) is 3.56. The molecule has 1 saturated heterocycles. The molecule has 0 atom stereocenters. The van der Waals surface area contributed by atoms with Gasteiger partial charge >= 0.3 is 0 Å². The number of nitrogens with zero attached hydrogens (tertiary/aromatic N) is 3. The summed E-state index contributed by atoms with van der Waals surface area (Å²) in [7, 11) is 0. The van der Waals surface area contributed by atoms with Gasteiger partial charge in [-0.2, -0.15) is 0 Å². The van der Waals surface area contributed by atoms with Crippen molar-refractivity contribution in [3.05, 3.63) is 60.0 Å². The topological polar surface area (TPSA) is 89.2 Å². The van der Waals surface area contributed by atoms with Gasteiger partial charge in [-0.15, -0.1) is 0 Å². The first-order valence-corrected chi connectivity index (χ1v) is 9.13. The minimum absolute atomic E-state index is 0.167. The SMILES string of the molecule is NC(=O)C1CCN(C(=O)c2cc(-c3ccccn3)nc3cc(F)ccc23)CC1. The van der Waals surface area contributed by atoms with E-state index >= 15 is 0 Å². The molecule has 28 heavy (non-hydrogen) atoms. The smallest absolute Gasteiger partial charge is 0.254 e. The van der Waals surface area contributed by atoms with Gasteiger partial charge < -0.3 is 10.6 Å². The van der Waals surface area contributed by atoms with Crippen molar-refractivity contribution in [2.45, 2.75) is 12.8 Å². The van der Waals surface area contributed by atoms with Crippen LogP contribution in [0.15, 0.2) is 48.7 Å². The number of fused-ring (bicyclic) bond motifs is 1. The first-order valence-electron chi connectivity index (χ1n) is 9.13. The van der Waals surface area contributed by atoms with Gasteiger partial charge in [-0.25, -0.2) is 9.37 Å². The van der Waals surface area contributed by atoms with E-state index in [4.69, 9.17) is 5.73 Å². The van der Waals surface area contributed by atoms with Crippen LogP contribution in [0.4, 0.5) is 4.39 Å². The molecule has 3 aromatic rings. The third kappa shape index (κ3) is 3.43. The molecule has 0 radical (unpaired) electrons. The van der Waals surface area contributed by atoms with E-state index in [1.807, 2.05) is 6.07 Å².